The van der Waals surface area contributed by atoms with E-state index in [0.29, 0.717) is 24.7 Å². The summed E-state index contributed by atoms with van der Waals surface area (Å²) in [5, 5.41) is 17.7. The maximum absolute atomic E-state index is 12.0. The van der Waals surface area contributed by atoms with Crippen LogP contribution in [0.1, 0.15) is 52.3 Å². The average molecular weight is 403 g/mol. The number of nitrogens with zero attached hydrogens (tertiary/aromatic N) is 4. The predicted molar refractivity (Wildman–Crippen MR) is 94.9 cm³/mol. The Labute approximate surface area is 161 Å². The summed E-state index contributed by atoms with van der Waals surface area (Å²) in [6, 6.07) is 3.60. The molecule has 8 nitrogen and oxygen atoms in total. The van der Waals surface area contributed by atoms with Gasteiger partial charge < -0.3 is 5.11 Å². The van der Waals surface area contributed by atoms with Crippen LogP contribution < -0.4 is 10.4 Å². The molecule has 0 spiro atoms. The van der Waals surface area contributed by atoms with Crippen molar-refractivity contribution in [2.45, 2.75) is 52.6 Å². The summed E-state index contributed by atoms with van der Waals surface area (Å²) in [4.78, 5) is 28.9. The highest BCUT2D eigenvalue weighted by atomic mass is 19.4. The average Bonchev–Trinajstić information content (AvgIpc) is 2.60. The molecule has 0 aliphatic heterocycles. The van der Waals surface area contributed by atoms with Crippen LogP contribution in [0.25, 0.3) is 0 Å². The molecule has 1 rings (SSSR count). The molecule has 1 aromatic rings. The van der Waals surface area contributed by atoms with Crippen molar-refractivity contribution >= 4 is 17.7 Å². The Morgan fingerprint density at radius 1 is 1.36 bits per heavy atom. The fourth-order valence-corrected chi connectivity index (χ4v) is 1.86. The third kappa shape index (κ3) is 10.9. The van der Waals surface area contributed by atoms with E-state index in [1.54, 1.807) is 11.1 Å². The van der Waals surface area contributed by atoms with Gasteiger partial charge in [0.15, 0.2) is 5.82 Å². The number of carboxylic acids is 1. The topological polar surface area (TPSA) is 119 Å². The monoisotopic (exact) mass is 403 g/mol. The zero-order valence-corrected chi connectivity index (χ0v) is 16.0. The van der Waals surface area contributed by atoms with E-state index in [1.165, 1.54) is 6.20 Å². The fraction of sp³-hybridized carbons (Fsp3) is 0.588. The standard InChI is InChI=1S/C15H23N5O.C2HF3O2/c1-4-5-6-7-15(21)19-20(11-12(2)3)14-8-9-17-13(10-16)18-14;3-2(4,5)1(6)7/h8-9,12H,4-7,11H2,1-3H3,(H,19,21);(H,6,7). The van der Waals surface area contributed by atoms with Crippen molar-refractivity contribution in [3.05, 3.63) is 18.1 Å². The minimum absolute atomic E-state index is 0.0266. The molecule has 0 saturated carbocycles. The molecule has 0 bridgehead atoms. The predicted octanol–water partition coefficient (Wildman–Crippen LogP) is 3.06. The molecule has 156 valence electrons. The number of halogens is 3. The molecular formula is C17H24F3N5O3. The number of aromatic nitrogens is 2. The number of carbonyl (C=O) groups is 2. The highest BCUT2D eigenvalue weighted by molar-refractivity contribution is 5.77. The number of anilines is 1. The molecule has 0 aliphatic rings. The molecule has 0 aliphatic carbocycles. The van der Waals surface area contributed by atoms with Gasteiger partial charge in [-0.05, 0) is 12.3 Å². The number of hydrazine groups is 1. The molecule has 0 saturated heterocycles. The van der Waals surface area contributed by atoms with Crippen LogP contribution in [0.5, 0.6) is 0 Å². The van der Waals surface area contributed by atoms with E-state index in [1.807, 2.05) is 6.07 Å². The molecule has 0 atom stereocenters. The minimum atomic E-state index is -5.08. The Morgan fingerprint density at radius 3 is 2.43 bits per heavy atom. The summed E-state index contributed by atoms with van der Waals surface area (Å²) in [6.45, 7) is 6.85. The van der Waals surface area contributed by atoms with Gasteiger partial charge in [0, 0.05) is 25.2 Å². The quantitative estimate of drug-likeness (QED) is 0.506. The molecule has 1 amide bonds. The molecule has 11 heteroatoms. The van der Waals surface area contributed by atoms with Crippen molar-refractivity contribution in [2.24, 2.45) is 5.92 Å². The molecule has 0 fully saturated rings. The number of aliphatic carboxylic acids is 1. The van der Waals surface area contributed by atoms with Gasteiger partial charge in [-0.1, -0.05) is 33.6 Å². The number of unbranched alkanes of at least 4 members (excludes halogenated alkanes) is 2. The third-order valence-corrected chi connectivity index (χ3v) is 3.07. The largest absolute Gasteiger partial charge is 0.490 e. The number of amides is 1. The lowest BCUT2D eigenvalue weighted by Gasteiger charge is -2.26. The van der Waals surface area contributed by atoms with Crippen LogP contribution in [0, 0.1) is 17.2 Å². The van der Waals surface area contributed by atoms with Crippen LogP contribution in [0.3, 0.4) is 0 Å². The summed E-state index contributed by atoms with van der Waals surface area (Å²) in [7, 11) is 0. The maximum atomic E-state index is 12.0. The molecule has 1 aromatic heterocycles. The summed E-state index contributed by atoms with van der Waals surface area (Å²) in [5.74, 6) is -1.80. The maximum Gasteiger partial charge on any atom is 0.490 e. The molecule has 0 unspecified atom stereocenters. The molecule has 28 heavy (non-hydrogen) atoms. The van der Waals surface area contributed by atoms with E-state index in [0.717, 1.165) is 19.3 Å². The smallest absolute Gasteiger partial charge is 0.475 e. The number of nitriles is 1. The summed E-state index contributed by atoms with van der Waals surface area (Å²) < 4.78 is 31.7. The first-order chi connectivity index (χ1) is 13.0. The lowest BCUT2D eigenvalue weighted by atomic mass is 10.2. The first kappa shape index (κ1) is 25.1. The van der Waals surface area contributed by atoms with E-state index >= 15 is 0 Å². The molecule has 0 radical (unpaired) electrons. The zero-order valence-electron chi connectivity index (χ0n) is 16.0. The Kier molecular flexibility index (Phi) is 11.2. The number of hydrogen-bond acceptors (Lipinski definition) is 6. The highest BCUT2D eigenvalue weighted by Crippen LogP contribution is 2.13. The number of alkyl halides is 3. The molecule has 2 N–H and O–H groups in total. The lowest BCUT2D eigenvalue weighted by molar-refractivity contribution is -0.192. The van der Waals surface area contributed by atoms with Crippen LogP contribution in [0.2, 0.25) is 0 Å². The minimum Gasteiger partial charge on any atom is -0.475 e. The second-order valence-corrected chi connectivity index (χ2v) is 6.15. The van der Waals surface area contributed by atoms with Crippen LogP contribution in [-0.2, 0) is 9.59 Å². The van der Waals surface area contributed by atoms with Crippen LogP contribution in [0.15, 0.2) is 12.3 Å². The van der Waals surface area contributed by atoms with Crippen molar-refractivity contribution in [3.8, 4) is 6.07 Å². The van der Waals surface area contributed by atoms with Gasteiger partial charge in [0.05, 0.1) is 0 Å². The van der Waals surface area contributed by atoms with E-state index in [2.05, 4.69) is 36.2 Å². The second-order valence-electron chi connectivity index (χ2n) is 6.15. The summed E-state index contributed by atoms with van der Waals surface area (Å²) >= 11 is 0. The zero-order chi connectivity index (χ0) is 21.7. The Morgan fingerprint density at radius 2 is 1.96 bits per heavy atom. The Hall–Kier alpha value is -2.90. The highest BCUT2D eigenvalue weighted by Gasteiger charge is 2.38. The number of nitrogens with one attached hydrogen (secondary N) is 1. The van der Waals surface area contributed by atoms with Crippen molar-refractivity contribution < 1.29 is 27.9 Å². The van der Waals surface area contributed by atoms with Crippen molar-refractivity contribution in [2.75, 3.05) is 11.6 Å². The molecule has 1 heterocycles. The van der Waals surface area contributed by atoms with Gasteiger partial charge in [-0.25, -0.2) is 9.78 Å². The van der Waals surface area contributed by atoms with Crippen LogP contribution in [-0.4, -0.2) is 39.7 Å². The first-order valence-corrected chi connectivity index (χ1v) is 8.61. The number of rotatable bonds is 8. The van der Waals surface area contributed by atoms with Gasteiger partial charge in [-0.3, -0.25) is 15.2 Å². The van der Waals surface area contributed by atoms with Crippen LogP contribution in [0.4, 0.5) is 19.0 Å². The fourth-order valence-electron chi connectivity index (χ4n) is 1.86. The van der Waals surface area contributed by atoms with E-state index in [-0.39, 0.29) is 11.7 Å². The van der Waals surface area contributed by atoms with Gasteiger partial charge in [0.25, 0.3) is 0 Å². The van der Waals surface area contributed by atoms with Crippen molar-refractivity contribution in [3.63, 3.8) is 0 Å². The van der Waals surface area contributed by atoms with E-state index < -0.39 is 12.1 Å². The molecular weight excluding hydrogens is 379 g/mol. The molecule has 0 aromatic carbocycles. The van der Waals surface area contributed by atoms with E-state index in [9.17, 15) is 18.0 Å². The normalized spacial score (nSPS) is 10.5. The summed E-state index contributed by atoms with van der Waals surface area (Å²) in [6.07, 6.45) is -0.0503. The lowest BCUT2D eigenvalue weighted by Crippen LogP contribution is -2.45. The Balaban J connectivity index is 0.000000887. The first-order valence-electron chi connectivity index (χ1n) is 8.61. The van der Waals surface area contributed by atoms with Crippen molar-refractivity contribution in [1.82, 2.24) is 15.4 Å². The number of carbonyl (C=O) groups excluding carboxylic acids is 1. The SMILES string of the molecule is CCCCCC(=O)NN(CC(C)C)c1ccnc(C#N)n1.O=C(O)C(F)(F)F. The second kappa shape index (κ2) is 12.5. The van der Waals surface area contributed by atoms with Gasteiger partial charge in [-0.15, -0.1) is 0 Å². The Bertz CT molecular complexity index is 675. The van der Waals surface area contributed by atoms with Gasteiger partial charge in [0.2, 0.25) is 11.7 Å². The summed E-state index contributed by atoms with van der Waals surface area (Å²) in [5.41, 5.74) is 2.87. The van der Waals surface area contributed by atoms with E-state index in [4.69, 9.17) is 15.2 Å². The van der Waals surface area contributed by atoms with Crippen molar-refractivity contribution in [1.29, 1.82) is 5.26 Å². The van der Waals surface area contributed by atoms with Gasteiger partial charge >= 0.3 is 12.1 Å². The van der Waals surface area contributed by atoms with Gasteiger partial charge in [0.1, 0.15) is 6.07 Å². The van der Waals surface area contributed by atoms with Crippen LogP contribution >= 0.6 is 0 Å². The number of hydrogen-bond donors (Lipinski definition) is 2. The van der Waals surface area contributed by atoms with Gasteiger partial charge in [-0.2, -0.15) is 23.4 Å². The number of carboxylic acid groups (broad SMARTS) is 1. The third-order valence-electron chi connectivity index (χ3n) is 3.07.